The minimum Gasteiger partial charge on any atom is -0.387 e. The molecule has 0 aliphatic heterocycles. The molecule has 0 aromatic heterocycles. The summed E-state index contributed by atoms with van der Waals surface area (Å²) >= 11 is 0. The standard InChI is InChI=1S/C30H28NOP/c1-21(30(32)22-11-3-2-4-12-22)31-20-33-29-18-10-9-17-27(29)28-19-23-13-5-6-14-24(23)25-15-7-8-16-26(25)28/h2-19,21,30-33H,20H2,1H3/t21-,30-/m0/s1. The van der Waals surface area contributed by atoms with E-state index in [4.69, 9.17) is 0 Å². The predicted molar refractivity (Wildman–Crippen MR) is 144 cm³/mol. The van der Waals surface area contributed by atoms with Gasteiger partial charge in [0.1, 0.15) is 0 Å². The van der Waals surface area contributed by atoms with E-state index >= 15 is 0 Å². The van der Waals surface area contributed by atoms with Gasteiger partial charge in [0.15, 0.2) is 0 Å². The van der Waals surface area contributed by atoms with Crippen molar-refractivity contribution < 1.29 is 5.11 Å². The Labute approximate surface area is 197 Å². The van der Waals surface area contributed by atoms with Gasteiger partial charge in [-0.2, -0.15) is 0 Å². The van der Waals surface area contributed by atoms with Gasteiger partial charge in [-0.15, -0.1) is 0 Å². The molecule has 0 bridgehead atoms. The molecule has 2 nitrogen and oxygen atoms in total. The van der Waals surface area contributed by atoms with Crippen LogP contribution in [0.15, 0.2) is 109 Å². The Hall–Kier alpha value is -3.03. The summed E-state index contributed by atoms with van der Waals surface area (Å²) < 4.78 is 0. The largest absolute Gasteiger partial charge is 0.387 e. The van der Waals surface area contributed by atoms with Gasteiger partial charge in [-0.1, -0.05) is 112 Å². The number of benzene rings is 5. The topological polar surface area (TPSA) is 32.3 Å². The van der Waals surface area contributed by atoms with Crippen LogP contribution in [0, 0.1) is 0 Å². The van der Waals surface area contributed by atoms with Gasteiger partial charge in [-0.05, 0) is 56.5 Å². The van der Waals surface area contributed by atoms with Gasteiger partial charge in [0.2, 0.25) is 0 Å². The molecule has 0 saturated carbocycles. The lowest BCUT2D eigenvalue weighted by molar-refractivity contribution is 0.139. The maximum Gasteiger partial charge on any atom is 0.0940 e. The molecule has 0 radical (unpaired) electrons. The van der Waals surface area contributed by atoms with Crippen LogP contribution < -0.4 is 10.6 Å². The Morgan fingerprint density at radius 2 is 1.33 bits per heavy atom. The summed E-state index contributed by atoms with van der Waals surface area (Å²) in [6.07, 6.45) is 0.309. The van der Waals surface area contributed by atoms with Crippen LogP contribution in [0.2, 0.25) is 0 Å². The summed E-state index contributed by atoms with van der Waals surface area (Å²) in [5, 5.41) is 20.7. The number of hydrogen-bond acceptors (Lipinski definition) is 2. The van der Waals surface area contributed by atoms with E-state index in [-0.39, 0.29) is 6.04 Å². The van der Waals surface area contributed by atoms with Crippen molar-refractivity contribution in [2.75, 3.05) is 6.29 Å². The van der Waals surface area contributed by atoms with Crippen molar-refractivity contribution in [2.45, 2.75) is 19.1 Å². The minimum absolute atomic E-state index is 0.0199. The van der Waals surface area contributed by atoms with Crippen molar-refractivity contribution in [3.05, 3.63) is 115 Å². The lowest BCUT2D eigenvalue weighted by Crippen LogP contribution is -2.32. The summed E-state index contributed by atoms with van der Waals surface area (Å²) in [6.45, 7) is 2.05. The molecule has 0 fully saturated rings. The molecule has 0 spiro atoms. The molecule has 5 rings (SSSR count). The maximum absolute atomic E-state index is 10.7. The highest BCUT2D eigenvalue weighted by atomic mass is 31.1. The third-order valence-electron chi connectivity index (χ3n) is 6.30. The average Bonchev–Trinajstić information content (AvgIpc) is 2.88. The first-order chi connectivity index (χ1) is 16.2. The van der Waals surface area contributed by atoms with Crippen LogP contribution in [-0.4, -0.2) is 17.4 Å². The molecule has 5 aromatic rings. The highest BCUT2D eigenvalue weighted by Gasteiger charge is 2.16. The first-order valence-corrected chi connectivity index (χ1v) is 12.6. The molecule has 2 N–H and O–H groups in total. The van der Waals surface area contributed by atoms with Crippen LogP contribution in [0.4, 0.5) is 0 Å². The van der Waals surface area contributed by atoms with Crippen LogP contribution >= 0.6 is 8.58 Å². The van der Waals surface area contributed by atoms with E-state index in [1.807, 2.05) is 37.3 Å². The van der Waals surface area contributed by atoms with Crippen molar-refractivity contribution in [1.82, 2.24) is 5.32 Å². The van der Waals surface area contributed by atoms with E-state index in [1.54, 1.807) is 0 Å². The molecule has 0 heterocycles. The maximum atomic E-state index is 10.7. The van der Waals surface area contributed by atoms with Crippen molar-refractivity contribution in [3.63, 3.8) is 0 Å². The molecular weight excluding hydrogens is 421 g/mol. The minimum atomic E-state index is -0.518. The molecule has 0 amide bonds. The normalized spacial score (nSPS) is 13.6. The van der Waals surface area contributed by atoms with E-state index in [0.29, 0.717) is 8.58 Å². The Morgan fingerprint density at radius 1 is 0.697 bits per heavy atom. The van der Waals surface area contributed by atoms with E-state index in [0.717, 1.165) is 11.8 Å². The van der Waals surface area contributed by atoms with Crippen molar-refractivity contribution >= 4 is 35.4 Å². The lowest BCUT2D eigenvalue weighted by atomic mass is 9.93. The SMILES string of the molecule is C[C@H](NCPc1ccccc1-c1cc2ccccc2c2ccccc12)[C@H](O)c1ccccc1. The van der Waals surface area contributed by atoms with Crippen molar-refractivity contribution in [2.24, 2.45) is 0 Å². The monoisotopic (exact) mass is 449 g/mol. The van der Waals surface area contributed by atoms with Gasteiger partial charge in [-0.3, -0.25) is 0 Å². The summed E-state index contributed by atoms with van der Waals surface area (Å²) in [5.41, 5.74) is 3.52. The average molecular weight is 450 g/mol. The number of hydrogen-bond donors (Lipinski definition) is 2. The van der Waals surface area contributed by atoms with Gasteiger partial charge >= 0.3 is 0 Å². The Balaban J connectivity index is 1.42. The molecule has 3 atom stereocenters. The van der Waals surface area contributed by atoms with Crippen molar-refractivity contribution in [1.29, 1.82) is 0 Å². The van der Waals surface area contributed by atoms with Gasteiger partial charge in [0, 0.05) is 12.3 Å². The van der Waals surface area contributed by atoms with Gasteiger partial charge in [0.25, 0.3) is 0 Å². The highest BCUT2D eigenvalue weighted by Crippen LogP contribution is 2.35. The van der Waals surface area contributed by atoms with Gasteiger partial charge < -0.3 is 10.4 Å². The van der Waals surface area contributed by atoms with Crippen LogP contribution in [0.5, 0.6) is 0 Å². The van der Waals surface area contributed by atoms with Crippen molar-refractivity contribution in [3.8, 4) is 11.1 Å². The molecule has 0 aliphatic rings. The Bertz CT molecular complexity index is 1380. The summed E-state index contributed by atoms with van der Waals surface area (Å²) in [5.74, 6) is 0. The molecule has 0 aliphatic carbocycles. The quantitative estimate of drug-likeness (QED) is 0.216. The second-order valence-corrected chi connectivity index (χ2v) is 9.68. The Kier molecular flexibility index (Phi) is 6.51. The summed E-state index contributed by atoms with van der Waals surface area (Å²) in [6, 6.07) is 38.2. The smallest absolute Gasteiger partial charge is 0.0940 e. The lowest BCUT2D eigenvalue weighted by Gasteiger charge is -2.21. The fourth-order valence-electron chi connectivity index (χ4n) is 4.51. The van der Waals surface area contributed by atoms with E-state index in [2.05, 4.69) is 84.2 Å². The third-order valence-corrected chi connectivity index (χ3v) is 7.50. The zero-order valence-corrected chi connectivity index (χ0v) is 19.7. The molecule has 164 valence electrons. The number of aliphatic hydroxyl groups is 1. The molecule has 33 heavy (non-hydrogen) atoms. The van der Waals surface area contributed by atoms with Crippen LogP contribution in [-0.2, 0) is 0 Å². The van der Waals surface area contributed by atoms with E-state index in [1.165, 1.54) is 38.0 Å². The van der Waals surface area contributed by atoms with E-state index < -0.39 is 6.10 Å². The first kappa shape index (κ1) is 21.8. The number of rotatable bonds is 7. The fourth-order valence-corrected chi connectivity index (χ4v) is 5.74. The molecular formula is C30H28NOP. The van der Waals surface area contributed by atoms with Crippen LogP contribution in [0.25, 0.3) is 32.7 Å². The summed E-state index contributed by atoms with van der Waals surface area (Å²) in [4.78, 5) is 0. The fraction of sp³-hybridized carbons (Fsp3) is 0.133. The summed E-state index contributed by atoms with van der Waals surface area (Å²) in [7, 11) is 0.598. The number of nitrogens with one attached hydrogen (secondary N) is 1. The second-order valence-electron chi connectivity index (χ2n) is 8.44. The third kappa shape index (κ3) is 4.56. The molecule has 3 heteroatoms. The zero-order chi connectivity index (χ0) is 22.6. The highest BCUT2D eigenvalue weighted by molar-refractivity contribution is 7.47. The van der Waals surface area contributed by atoms with E-state index in [9.17, 15) is 5.11 Å². The predicted octanol–water partition coefficient (Wildman–Crippen LogP) is 6.63. The number of aliphatic hydroxyl groups excluding tert-OH is 1. The Morgan fingerprint density at radius 3 is 2.15 bits per heavy atom. The van der Waals surface area contributed by atoms with Crippen LogP contribution in [0.3, 0.4) is 0 Å². The zero-order valence-electron chi connectivity index (χ0n) is 18.7. The number of fused-ring (bicyclic) bond motifs is 3. The van der Waals surface area contributed by atoms with Crippen LogP contribution in [0.1, 0.15) is 18.6 Å². The van der Waals surface area contributed by atoms with Gasteiger partial charge in [-0.25, -0.2) is 0 Å². The molecule has 0 saturated heterocycles. The van der Waals surface area contributed by atoms with Gasteiger partial charge in [0.05, 0.1) is 6.10 Å². The second kappa shape index (κ2) is 9.85. The molecule has 5 aromatic carbocycles. The first-order valence-electron chi connectivity index (χ1n) is 11.4. The molecule has 1 unspecified atom stereocenters.